The van der Waals surface area contributed by atoms with Crippen LogP contribution in [0, 0.1) is 0 Å². The van der Waals surface area contributed by atoms with Gasteiger partial charge in [-0.15, -0.1) is 0 Å². The van der Waals surface area contributed by atoms with Crippen molar-refractivity contribution in [2.75, 3.05) is 20.8 Å². The van der Waals surface area contributed by atoms with Crippen LogP contribution in [0.15, 0.2) is 18.2 Å². The molecular formula is C11H15NO3. The number of hydrogen-bond donors (Lipinski definition) is 2. The number of phenols is 1. The first kappa shape index (κ1) is 11.4. The first-order chi connectivity index (χ1) is 7.22. The maximum Gasteiger partial charge on any atom is 0.200 e. The number of hydrogen-bond acceptors (Lipinski definition) is 4. The van der Waals surface area contributed by atoms with E-state index in [1.165, 1.54) is 14.2 Å². The van der Waals surface area contributed by atoms with Gasteiger partial charge in [-0.05, 0) is 17.7 Å². The molecule has 0 radical (unpaired) electrons. The summed E-state index contributed by atoms with van der Waals surface area (Å²) in [5.41, 5.74) is 6.22. The third kappa shape index (κ3) is 2.63. The van der Waals surface area contributed by atoms with Crippen molar-refractivity contribution in [2.45, 2.75) is 0 Å². The second-order valence-corrected chi connectivity index (χ2v) is 2.91. The highest BCUT2D eigenvalue weighted by molar-refractivity contribution is 5.61. The Morgan fingerprint density at radius 3 is 2.20 bits per heavy atom. The number of benzene rings is 1. The van der Waals surface area contributed by atoms with Crippen molar-refractivity contribution in [2.24, 2.45) is 5.73 Å². The Kier molecular flexibility index (Phi) is 4.00. The summed E-state index contributed by atoms with van der Waals surface area (Å²) >= 11 is 0. The quantitative estimate of drug-likeness (QED) is 0.786. The van der Waals surface area contributed by atoms with Gasteiger partial charge < -0.3 is 20.3 Å². The zero-order valence-corrected chi connectivity index (χ0v) is 8.86. The molecule has 0 aliphatic rings. The van der Waals surface area contributed by atoms with Gasteiger partial charge in [-0.25, -0.2) is 0 Å². The molecule has 0 aliphatic carbocycles. The Morgan fingerprint density at radius 1 is 1.27 bits per heavy atom. The zero-order chi connectivity index (χ0) is 11.3. The molecule has 0 saturated carbocycles. The molecule has 1 rings (SSSR count). The topological polar surface area (TPSA) is 64.7 Å². The maximum absolute atomic E-state index is 9.64. The standard InChI is InChI=1S/C11H15NO3/c1-14-9-6-8(4-3-5-12)7-10(15-2)11(9)13/h3-4,6-7,13H,5,12H2,1-2H3/b4-3+. The highest BCUT2D eigenvalue weighted by Gasteiger charge is 2.09. The summed E-state index contributed by atoms with van der Waals surface area (Å²) in [7, 11) is 2.98. The molecule has 0 saturated heterocycles. The van der Waals surface area contributed by atoms with Crippen LogP contribution >= 0.6 is 0 Å². The molecule has 0 fully saturated rings. The lowest BCUT2D eigenvalue weighted by Crippen LogP contribution is -1.93. The minimum absolute atomic E-state index is 0.00454. The van der Waals surface area contributed by atoms with Crippen molar-refractivity contribution in [3.05, 3.63) is 23.8 Å². The predicted molar refractivity (Wildman–Crippen MR) is 59.3 cm³/mol. The van der Waals surface area contributed by atoms with Crippen LogP contribution in [-0.4, -0.2) is 25.9 Å². The number of nitrogens with two attached hydrogens (primary N) is 1. The molecule has 0 amide bonds. The van der Waals surface area contributed by atoms with Gasteiger partial charge in [-0.2, -0.15) is 0 Å². The minimum atomic E-state index is 0.00454. The normalized spacial score (nSPS) is 10.6. The second-order valence-electron chi connectivity index (χ2n) is 2.91. The molecule has 3 N–H and O–H groups in total. The van der Waals surface area contributed by atoms with Crippen LogP contribution < -0.4 is 15.2 Å². The van der Waals surface area contributed by atoms with Crippen LogP contribution in [0.25, 0.3) is 6.08 Å². The summed E-state index contributed by atoms with van der Waals surface area (Å²) in [5, 5.41) is 9.64. The number of phenolic OH excluding ortho intramolecular Hbond substituents is 1. The molecule has 0 atom stereocenters. The van der Waals surface area contributed by atoms with Gasteiger partial charge in [0.25, 0.3) is 0 Å². The number of ether oxygens (including phenoxy) is 2. The molecule has 0 aromatic heterocycles. The lowest BCUT2D eigenvalue weighted by molar-refractivity contribution is 0.340. The van der Waals surface area contributed by atoms with Crippen molar-refractivity contribution < 1.29 is 14.6 Å². The Balaban J connectivity index is 3.14. The zero-order valence-electron chi connectivity index (χ0n) is 8.86. The monoisotopic (exact) mass is 209 g/mol. The lowest BCUT2D eigenvalue weighted by Gasteiger charge is -2.09. The second kappa shape index (κ2) is 5.26. The summed E-state index contributed by atoms with van der Waals surface area (Å²) < 4.78 is 10.0. The Hall–Kier alpha value is -1.68. The van der Waals surface area contributed by atoms with Gasteiger partial charge in [0.05, 0.1) is 14.2 Å². The fourth-order valence-corrected chi connectivity index (χ4v) is 1.21. The average molecular weight is 209 g/mol. The van der Waals surface area contributed by atoms with Crippen LogP contribution in [0.3, 0.4) is 0 Å². The highest BCUT2D eigenvalue weighted by Crippen LogP contribution is 2.37. The smallest absolute Gasteiger partial charge is 0.200 e. The minimum Gasteiger partial charge on any atom is -0.502 e. The van der Waals surface area contributed by atoms with E-state index in [1.54, 1.807) is 12.1 Å². The molecule has 1 aromatic rings. The van der Waals surface area contributed by atoms with E-state index in [4.69, 9.17) is 15.2 Å². The van der Waals surface area contributed by atoms with Gasteiger partial charge in [0.2, 0.25) is 5.75 Å². The number of methoxy groups -OCH3 is 2. The summed E-state index contributed by atoms with van der Waals surface area (Å²) in [5.74, 6) is 0.766. The Morgan fingerprint density at radius 2 is 1.80 bits per heavy atom. The van der Waals surface area contributed by atoms with Crippen molar-refractivity contribution in [3.63, 3.8) is 0 Å². The van der Waals surface area contributed by atoms with E-state index in [0.29, 0.717) is 18.0 Å². The summed E-state index contributed by atoms with van der Waals surface area (Å²) in [4.78, 5) is 0. The molecule has 0 unspecified atom stereocenters. The van der Waals surface area contributed by atoms with Crippen LogP contribution in [0.5, 0.6) is 17.2 Å². The average Bonchev–Trinajstić information content (AvgIpc) is 2.27. The third-order valence-corrected chi connectivity index (χ3v) is 1.95. The van der Waals surface area contributed by atoms with Crippen LogP contribution in [-0.2, 0) is 0 Å². The van der Waals surface area contributed by atoms with Crippen LogP contribution in [0.2, 0.25) is 0 Å². The highest BCUT2D eigenvalue weighted by atomic mass is 16.5. The molecule has 0 heterocycles. The summed E-state index contributed by atoms with van der Waals surface area (Å²) in [6.07, 6.45) is 3.65. The molecule has 4 nitrogen and oxygen atoms in total. The van der Waals surface area contributed by atoms with E-state index in [2.05, 4.69) is 0 Å². The molecule has 0 aliphatic heterocycles. The van der Waals surface area contributed by atoms with E-state index in [1.807, 2.05) is 12.2 Å². The Labute approximate surface area is 88.9 Å². The van der Waals surface area contributed by atoms with Gasteiger partial charge in [-0.3, -0.25) is 0 Å². The van der Waals surface area contributed by atoms with Crippen molar-refractivity contribution in [1.82, 2.24) is 0 Å². The van der Waals surface area contributed by atoms with Crippen molar-refractivity contribution >= 4 is 6.08 Å². The summed E-state index contributed by atoms with van der Waals surface area (Å²) in [6.45, 7) is 0.464. The van der Waals surface area contributed by atoms with E-state index in [-0.39, 0.29) is 5.75 Å². The molecule has 1 aromatic carbocycles. The maximum atomic E-state index is 9.64. The number of aromatic hydroxyl groups is 1. The van der Waals surface area contributed by atoms with E-state index in [0.717, 1.165) is 5.56 Å². The van der Waals surface area contributed by atoms with E-state index >= 15 is 0 Å². The fourth-order valence-electron chi connectivity index (χ4n) is 1.21. The van der Waals surface area contributed by atoms with Gasteiger partial charge in [0, 0.05) is 6.54 Å². The first-order valence-electron chi connectivity index (χ1n) is 4.54. The fraction of sp³-hybridized carbons (Fsp3) is 0.273. The molecule has 4 heteroatoms. The van der Waals surface area contributed by atoms with Gasteiger partial charge in [0.1, 0.15) is 0 Å². The molecule has 0 bridgehead atoms. The Bertz CT molecular complexity index is 336. The molecular weight excluding hydrogens is 194 g/mol. The van der Waals surface area contributed by atoms with Gasteiger partial charge in [0.15, 0.2) is 11.5 Å². The summed E-state index contributed by atoms with van der Waals surface area (Å²) in [6, 6.07) is 3.42. The predicted octanol–water partition coefficient (Wildman–Crippen LogP) is 1.38. The van der Waals surface area contributed by atoms with Crippen molar-refractivity contribution in [3.8, 4) is 17.2 Å². The van der Waals surface area contributed by atoms with Crippen LogP contribution in [0.4, 0.5) is 0 Å². The molecule has 15 heavy (non-hydrogen) atoms. The van der Waals surface area contributed by atoms with E-state index in [9.17, 15) is 5.11 Å². The molecule has 82 valence electrons. The number of rotatable bonds is 4. The lowest BCUT2D eigenvalue weighted by atomic mass is 10.1. The molecule has 0 spiro atoms. The largest absolute Gasteiger partial charge is 0.502 e. The van der Waals surface area contributed by atoms with Gasteiger partial charge >= 0.3 is 0 Å². The van der Waals surface area contributed by atoms with Crippen LogP contribution in [0.1, 0.15) is 5.56 Å². The van der Waals surface area contributed by atoms with E-state index < -0.39 is 0 Å². The van der Waals surface area contributed by atoms with Gasteiger partial charge in [-0.1, -0.05) is 12.2 Å². The van der Waals surface area contributed by atoms with Crippen molar-refractivity contribution in [1.29, 1.82) is 0 Å². The SMILES string of the molecule is COc1cc(/C=C/CN)cc(OC)c1O. The third-order valence-electron chi connectivity index (χ3n) is 1.95. The first-order valence-corrected chi connectivity index (χ1v) is 4.54.